The monoisotopic (exact) mass is 250 g/mol. The van der Waals surface area contributed by atoms with Crippen LogP contribution in [0.4, 0.5) is 0 Å². The first-order valence-electron chi connectivity index (χ1n) is 7.43. The summed E-state index contributed by atoms with van der Waals surface area (Å²) in [5.74, 6) is 1.08. The summed E-state index contributed by atoms with van der Waals surface area (Å²) in [6.45, 7) is 2.25. The Bertz CT molecular complexity index is 306. The van der Waals surface area contributed by atoms with E-state index < -0.39 is 0 Å². The van der Waals surface area contributed by atoms with Gasteiger partial charge in [0.1, 0.15) is 0 Å². The Hall–Kier alpha value is -0.830. The summed E-state index contributed by atoms with van der Waals surface area (Å²) in [4.78, 5) is 12.0. The molecule has 2 aliphatic rings. The van der Waals surface area contributed by atoms with Crippen molar-refractivity contribution in [1.29, 1.82) is 0 Å². The second kappa shape index (κ2) is 6.37. The van der Waals surface area contributed by atoms with Crippen LogP contribution in [-0.4, -0.2) is 18.0 Å². The third-order valence-electron chi connectivity index (χ3n) is 4.34. The van der Waals surface area contributed by atoms with Crippen molar-refractivity contribution in [3.05, 3.63) is 12.2 Å². The van der Waals surface area contributed by atoms with E-state index in [1.165, 1.54) is 25.7 Å². The molecule has 0 aromatic carbocycles. The van der Waals surface area contributed by atoms with Crippen LogP contribution in [0.2, 0.25) is 0 Å². The van der Waals surface area contributed by atoms with E-state index in [2.05, 4.69) is 12.2 Å². The van der Waals surface area contributed by atoms with E-state index in [1.54, 1.807) is 0 Å². The number of carbonyl (C=O) groups excluding carboxylic acids is 1. The van der Waals surface area contributed by atoms with Gasteiger partial charge in [0, 0.05) is 12.1 Å². The van der Waals surface area contributed by atoms with Crippen molar-refractivity contribution in [3.8, 4) is 0 Å². The summed E-state index contributed by atoms with van der Waals surface area (Å²) in [5.41, 5.74) is 5.78. The van der Waals surface area contributed by atoms with Crippen LogP contribution in [-0.2, 0) is 4.79 Å². The van der Waals surface area contributed by atoms with Crippen LogP contribution in [0.15, 0.2) is 12.2 Å². The highest BCUT2D eigenvalue weighted by Gasteiger charge is 2.26. The minimum atomic E-state index is 0.00775. The Kier molecular flexibility index (Phi) is 4.81. The van der Waals surface area contributed by atoms with Gasteiger partial charge in [-0.3, -0.25) is 4.79 Å². The van der Waals surface area contributed by atoms with Gasteiger partial charge in [0.05, 0.1) is 5.92 Å². The molecule has 3 nitrogen and oxygen atoms in total. The Labute approximate surface area is 110 Å². The number of nitrogens with one attached hydrogen (secondary N) is 1. The zero-order valence-corrected chi connectivity index (χ0v) is 11.4. The second-order valence-electron chi connectivity index (χ2n) is 5.91. The average molecular weight is 250 g/mol. The van der Waals surface area contributed by atoms with Gasteiger partial charge in [-0.2, -0.15) is 0 Å². The van der Waals surface area contributed by atoms with Crippen LogP contribution in [0.5, 0.6) is 0 Å². The van der Waals surface area contributed by atoms with E-state index in [9.17, 15) is 4.79 Å². The highest BCUT2D eigenvalue weighted by Crippen LogP contribution is 2.28. The first kappa shape index (κ1) is 13.6. The summed E-state index contributed by atoms with van der Waals surface area (Å²) in [7, 11) is 0. The molecule has 0 bridgehead atoms. The largest absolute Gasteiger partial charge is 0.353 e. The summed E-state index contributed by atoms with van der Waals surface area (Å²) in [6, 6.07) is 0.469. The molecule has 0 spiro atoms. The van der Waals surface area contributed by atoms with Gasteiger partial charge >= 0.3 is 0 Å². The summed E-state index contributed by atoms with van der Waals surface area (Å²) in [6.07, 6.45) is 12.2. The van der Waals surface area contributed by atoms with Crippen LogP contribution in [0, 0.1) is 11.8 Å². The van der Waals surface area contributed by atoms with Crippen molar-refractivity contribution < 1.29 is 4.79 Å². The van der Waals surface area contributed by atoms with E-state index in [4.69, 9.17) is 5.73 Å². The molecule has 18 heavy (non-hydrogen) atoms. The maximum absolute atomic E-state index is 12.0. The number of carbonyl (C=O) groups is 1. The van der Waals surface area contributed by atoms with Gasteiger partial charge in [-0.15, -0.1) is 0 Å². The van der Waals surface area contributed by atoms with Gasteiger partial charge in [0.15, 0.2) is 0 Å². The molecule has 0 saturated heterocycles. The van der Waals surface area contributed by atoms with E-state index >= 15 is 0 Å². The Morgan fingerprint density at radius 3 is 2.56 bits per heavy atom. The molecule has 0 aliphatic heterocycles. The minimum absolute atomic E-state index is 0.00775. The minimum Gasteiger partial charge on any atom is -0.353 e. The lowest BCUT2D eigenvalue weighted by molar-refractivity contribution is -0.124. The third-order valence-corrected chi connectivity index (χ3v) is 4.34. The predicted octanol–water partition coefficient (Wildman–Crippen LogP) is 2.36. The summed E-state index contributed by atoms with van der Waals surface area (Å²) < 4.78 is 0. The van der Waals surface area contributed by atoms with E-state index in [0.717, 1.165) is 25.2 Å². The van der Waals surface area contributed by atoms with Crippen molar-refractivity contribution in [2.24, 2.45) is 17.6 Å². The molecule has 1 amide bonds. The van der Waals surface area contributed by atoms with E-state index in [1.807, 2.05) is 12.2 Å². The van der Waals surface area contributed by atoms with Gasteiger partial charge in [0.25, 0.3) is 0 Å². The molecule has 0 radical (unpaired) electrons. The molecule has 2 rings (SSSR count). The van der Waals surface area contributed by atoms with Crippen LogP contribution < -0.4 is 11.1 Å². The number of amides is 1. The topological polar surface area (TPSA) is 55.1 Å². The fourth-order valence-corrected chi connectivity index (χ4v) is 3.23. The number of rotatable bonds is 4. The lowest BCUT2D eigenvalue weighted by Crippen LogP contribution is -2.40. The zero-order chi connectivity index (χ0) is 13.0. The van der Waals surface area contributed by atoms with Gasteiger partial charge in [-0.25, -0.2) is 0 Å². The molecule has 3 heteroatoms. The normalized spacial score (nSPS) is 35.7. The van der Waals surface area contributed by atoms with Crippen molar-refractivity contribution >= 4 is 5.91 Å². The maximum Gasteiger partial charge on any atom is 0.227 e. The smallest absolute Gasteiger partial charge is 0.227 e. The molecule has 2 aliphatic carbocycles. The number of hydrogen-bond acceptors (Lipinski definition) is 2. The van der Waals surface area contributed by atoms with Gasteiger partial charge < -0.3 is 11.1 Å². The summed E-state index contributed by atoms with van der Waals surface area (Å²) >= 11 is 0. The molecule has 2 unspecified atom stereocenters. The van der Waals surface area contributed by atoms with Gasteiger partial charge in [-0.05, 0) is 38.0 Å². The van der Waals surface area contributed by atoms with Gasteiger partial charge in [0.2, 0.25) is 5.91 Å². The Morgan fingerprint density at radius 1 is 1.28 bits per heavy atom. The molecule has 0 aromatic heterocycles. The van der Waals surface area contributed by atoms with Crippen molar-refractivity contribution in [3.63, 3.8) is 0 Å². The summed E-state index contributed by atoms with van der Waals surface area (Å²) in [5, 5.41) is 3.20. The molecule has 0 heterocycles. The average Bonchev–Trinajstić information content (AvgIpc) is 2.79. The lowest BCUT2D eigenvalue weighted by atomic mass is 9.83. The SMILES string of the molecule is CCCC1CCC(NC(=O)C2C=CC(N)C2)CC1. The van der Waals surface area contributed by atoms with Crippen LogP contribution in [0.25, 0.3) is 0 Å². The first-order chi connectivity index (χ1) is 8.69. The predicted molar refractivity (Wildman–Crippen MR) is 74.0 cm³/mol. The fraction of sp³-hybridized carbons (Fsp3) is 0.800. The molecule has 3 N–H and O–H groups in total. The number of nitrogens with two attached hydrogens (primary N) is 1. The van der Waals surface area contributed by atoms with Gasteiger partial charge in [-0.1, -0.05) is 31.9 Å². The highest BCUT2D eigenvalue weighted by atomic mass is 16.1. The van der Waals surface area contributed by atoms with E-state index in [0.29, 0.717) is 6.04 Å². The van der Waals surface area contributed by atoms with Crippen LogP contribution in [0.1, 0.15) is 51.9 Å². The fourth-order valence-electron chi connectivity index (χ4n) is 3.23. The lowest BCUT2D eigenvalue weighted by Gasteiger charge is -2.29. The zero-order valence-electron chi connectivity index (χ0n) is 11.4. The second-order valence-corrected chi connectivity index (χ2v) is 5.91. The first-order valence-corrected chi connectivity index (χ1v) is 7.43. The quantitative estimate of drug-likeness (QED) is 0.753. The molecular weight excluding hydrogens is 224 g/mol. The Morgan fingerprint density at radius 2 is 2.00 bits per heavy atom. The highest BCUT2D eigenvalue weighted by molar-refractivity contribution is 5.81. The molecule has 1 saturated carbocycles. The maximum atomic E-state index is 12.0. The molecule has 102 valence electrons. The van der Waals surface area contributed by atoms with Crippen molar-refractivity contribution in [1.82, 2.24) is 5.32 Å². The van der Waals surface area contributed by atoms with Crippen LogP contribution in [0.3, 0.4) is 0 Å². The standard InChI is InChI=1S/C15H26N2O/c1-2-3-11-4-8-14(9-5-11)17-15(18)12-6-7-13(16)10-12/h6-7,11-14H,2-5,8-10,16H2,1H3,(H,17,18). The Balaban J connectivity index is 1.71. The van der Waals surface area contributed by atoms with Crippen molar-refractivity contribution in [2.75, 3.05) is 0 Å². The third kappa shape index (κ3) is 3.58. The molecular formula is C15H26N2O. The molecule has 2 atom stereocenters. The number of hydrogen-bond donors (Lipinski definition) is 2. The molecule has 1 fully saturated rings. The van der Waals surface area contributed by atoms with E-state index in [-0.39, 0.29) is 17.9 Å². The molecule has 0 aromatic rings. The van der Waals surface area contributed by atoms with Crippen molar-refractivity contribution in [2.45, 2.75) is 64.0 Å². The van der Waals surface area contributed by atoms with Crippen LogP contribution >= 0.6 is 0 Å².